The van der Waals surface area contributed by atoms with Crippen molar-refractivity contribution in [3.05, 3.63) is 41.6 Å². The summed E-state index contributed by atoms with van der Waals surface area (Å²) in [5, 5.41) is 7.94. The van der Waals surface area contributed by atoms with Crippen molar-refractivity contribution in [2.75, 3.05) is 11.9 Å². The fraction of sp³-hybridized carbons (Fsp3) is 0.615. The Kier molecular flexibility index (Phi) is 6.36. The maximum Gasteiger partial charge on any atom is 0.494 e. The van der Waals surface area contributed by atoms with Gasteiger partial charge in [0.25, 0.3) is 0 Å². The van der Waals surface area contributed by atoms with Gasteiger partial charge in [0.15, 0.2) is 0 Å². The Morgan fingerprint density at radius 3 is 2.44 bits per heavy atom. The molecule has 4 rings (SSSR count). The number of carbonyl (C=O) groups is 1. The van der Waals surface area contributed by atoms with Gasteiger partial charge in [-0.05, 0) is 78.3 Å². The van der Waals surface area contributed by atoms with E-state index in [0.717, 1.165) is 24.0 Å². The maximum absolute atomic E-state index is 12.7. The Labute approximate surface area is 203 Å². The lowest BCUT2D eigenvalue weighted by Crippen LogP contribution is -2.41. The Morgan fingerprint density at radius 1 is 1.21 bits per heavy atom. The van der Waals surface area contributed by atoms with Gasteiger partial charge in [0.2, 0.25) is 0 Å². The van der Waals surface area contributed by atoms with E-state index in [1.165, 1.54) is 10.2 Å². The molecule has 34 heavy (non-hydrogen) atoms. The quantitative estimate of drug-likeness (QED) is 0.599. The van der Waals surface area contributed by atoms with E-state index in [-0.39, 0.29) is 24.2 Å². The summed E-state index contributed by atoms with van der Waals surface area (Å²) in [6, 6.07) is 10.4. The van der Waals surface area contributed by atoms with E-state index in [9.17, 15) is 4.79 Å². The highest BCUT2D eigenvalue weighted by Crippen LogP contribution is 2.41. The van der Waals surface area contributed by atoms with Gasteiger partial charge in [0.05, 0.1) is 16.9 Å². The van der Waals surface area contributed by atoms with Crippen LogP contribution in [-0.4, -0.2) is 46.3 Å². The van der Waals surface area contributed by atoms with Crippen LogP contribution in [-0.2, 0) is 14.0 Å². The number of benzene rings is 1. The Balaban J connectivity index is 1.44. The Morgan fingerprint density at radius 2 is 1.85 bits per heavy atom. The van der Waals surface area contributed by atoms with Gasteiger partial charge in [-0.1, -0.05) is 31.2 Å². The second-order valence-corrected chi connectivity index (χ2v) is 11.7. The number of hydrogen-bond donors (Lipinski definition) is 1. The zero-order valence-electron chi connectivity index (χ0n) is 21.8. The minimum atomic E-state index is -0.561. The zero-order chi connectivity index (χ0) is 24.9. The van der Waals surface area contributed by atoms with Crippen molar-refractivity contribution >= 4 is 24.5 Å². The largest absolute Gasteiger partial charge is 0.494 e. The summed E-state index contributed by atoms with van der Waals surface area (Å²) in [5.41, 5.74) is 1.84. The van der Waals surface area contributed by atoms with Gasteiger partial charge in [-0.15, -0.1) is 5.10 Å². The fourth-order valence-electron chi connectivity index (χ4n) is 3.97. The average Bonchev–Trinajstić information content (AvgIpc) is 3.43. The lowest BCUT2D eigenvalue weighted by Gasteiger charge is -2.32. The van der Waals surface area contributed by atoms with Crippen molar-refractivity contribution in [1.82, 2.24) is 9.78 Å². The summed E-state index contributed by atoms with van der Waals surface area (Å²) in [7, 11) is -0.379. The molecular formula is C26H38BN3O4. The first-order chi connectivity index (χ1) is 15.8. The molecule has 2 aromatic rings. The van der Waals surface area contributed by atoms with E-state index in [0.29, 0.717) is 18.3 Å². The third-order valence-corrected chi connectivity index (χ3v) is 6.89. The van der Waals surface area contributed by atoms with E-state index in [1.54, 1.807) is 0 Å². The fourth-order valence-corrected chi connectivity index (χ4v) is 3.97. The third-order valence-electron chi connectivity index (χ3n) is 6.89. The lowest BCUT2D eigenvalue weighted by molar-refractivity contribution is 0.00578. The Bertz CT molecular complexity index is 1040. The van der Waals surface area contributed by atoms with Crippen LogP contribution in [0.25, 0.3) is 0 Å². The van der Waals surface area contributed by atoms with Crippen LogP contribution in [0.5, 0.6) is 0 Å². The van der Waals surface area contributed by atoms with Crippen LogP contribution in [0.1, 0.15) is 91.3 Å². The molecule has 1 aliphatic heterocycles. The number of anilines is 1. The maximum atomic E-state index is 12.7. The standard InChI is InChI=1S/C26H38BN3O4/c1-17(19-10-9-11-20(14-19)27-33-25(5,6)26(7,8)34-27)16-28-22-15-21(18-12-13-18)30(29-22)23(31)32-24(2,3)4/h9-11,14-15,17-18H,12-13,16H2,1-8H3,(H,28,29). The summed E-state index contributed by atoms with van der Waals surface area (Å²) < 4.78 is 19.4. The number of carbonyl (C=O) groups excluding carboxylic acids is 1. The number of rotatable bonds is 6. The van der Waals surface area contributed by atoms with Gasteiger partial charge in [-0.3, -0.25) is 0 Å². The number of aromatic nitrogens is 2. The molecule has 0 radical (unpaired) electrons. The zero-order valence-corrected chi connectivity index (χ0v) is 21.8. The van der Waals surface area contributed by atoms with Crippen LogP contribution in [0.2, 0.25) is 0 Å². The summed E-state index contributed by atoms with van der Waals surface area (Å²) >= 11 is 0. The molecule has 1 aliphatic carbocycles. The highest BCUT2D eigenvalue weighted by atomic mass is 16.7. The first kappa shape index (κ1) is 24.8. The molecule has 8 heteroatoms. The van der Waals surface area contributed by atoms with E-state index >= 15 is 0 Å². The first-order valence-electron chi connectivity index (χ1n) is 12.3. The third kappa shape index (κ3) is 5.33. The van der Waals surface area contributed by atoms with Crippen molar-refractivity contribution in [3.63, 3.8) is 0 Å². The summed E-state index contributed by atoms with van der Waals surface area (Å²) in [5.74, 6) is 1.30. The Hall–Kier alpha value is -2.32. The molecule has 1 saturated heterocycles. The minimum Gasteiger partial charge on any atom is -0.442 e. The summed E-state index contributed by atoms with van der Waals surface area (Å²) in [6.45, 7) is 16.7. The van der Waals surface area contributed by atoms with Crippen LogP contribution in [0.3, 0.4) is 0 Å². The van der Waals surface area contributed by atoms with E-state index < -0.39 is 11.7 Å². The predicted octanol–water partition coefficient (Wildman–Crippen LogP) is 5.06. The molecule has 7 nitrogen and oxygen atoms in total. The van der Waals surface area contributed by atoms with Crippen molar-refractivity contribution in [2.45, 2.75) is 96.9 Å². The predicted molar refractivity (Wildman–Crippen MR) is 135 cm³/mol. The van der Waals surface area contributed by atoms with Crippen LogP contribution >= 0.6 is 0 Å². The molecule has 0 bridgehead atoms. The van der Waals surface area contributed by atoms with Crippen LogP contribution < -0.4 is 10.8 Å². The van der Waals surface area contributed by atoms with Gasteiger partial charge < -0.3 is 19.4 Å². The number of nitrogens with zero attached hydrogens (tertiary/aromatic N) is 2. The molecule has 1 aromatic carbocycles. The molecule has 1 saturated carbocycles. The topological polar surface area (TPSA) is 74.6 Å². The van der Waals surface area contributed by atoms with E-state index in [1.807, 2.05) is 26.8 Å². The van der Waals surface area contributed by atoms with Gasteiger partial charge in [0.1, 0.15) is 11.4 Å². The first-order valence-corrected chi connectivity index (χ1v) is 12.3. The second kappa shape index (κ2) is 8.72. The summed E-state index contributed by atoms with van der Waals surface area (Å²) in [6.07, 6.45) is 1.73. The van der Waals surface area contributed by atoms with Crippen molar-refractivity contribution in [3.8, 4) is 0 Å². The van der Waals surface area contributed by atoms with Gasteiger partial charge >= 0.3 is 13.2 Å². The van der Waals surface area contributed by atoms with Gasteiger partial charge in [-0.25, -0.2) is 4.79 Å². The normalized spacial score (nSPS) is 20.3. The molecular weight excluding hydrogens is 429 g/mol. The number of hydrogen-bond acceptors (Lipinski definition) is 6. The monoisotopic (exact) mass is 467 g/mol. The SMILES string of the molecule is CC(CNc1cc(C2CC2)n(C(=O)OC(C)(C)C)n1)c1cccc(B2OC(C)(C)C(C)(C)O2)c1. The van der Waals surface area contributed by atoms with E-state index in [4.69, 9.17) is 14.0 Å². The molecule has 0 spiro atoms. The minimum absolute atomic E-state index is 0.221. The molecule has 2 aliphatic rings. The molecule has 184 valence electrons. The van der Waals surface area contributed by atoms with Gasteiger partial charge in [-0.2, -0.15) is 4.68 Å². The molecule has 1 atom stereocenters. The van der Waals surface area contributed by atoms with Crippen LogP contribution in [0.4, 0.5) is 10.6 Å². The van der Waals surface area contributed by atoms with Crippen molar-refractivity contribution < 1.29 is 18.8 Å². The number of nitrogens with one attached hydrogen (secondary N) is 1. The molecule has 2 heterocycles. The van der Waals surface area contributed by atoms with Crippen molar-refractivity contribution in [2.24, 2.45) is 0 Å². The highest BCUT2D eigenvalue weighted by molar-refractivity contribution is 6.62. The highest BCUT2D eigenvalue weighted by Gasteiger charge is 2.51. The average molecular weight is 467 g/mol. The van der Waals surface area contributed by atoms with Crippen molar-refractivity contribution in [1.29, 1.82) is 0 Å². The van der Waals surface area contributed by atoms with E-state index in [2.05, 4.69) is 69.3 Å². The van der Waals surface area contributed by atoms with Crippen LogP contribution in [0, 0.1) is 0 Å². The van der Waals surface area contributed by atoms with Crippen LogP contribution in [0.15, 0.2) is 30.3 Å². The smallest absolute Gasteiger partial charge is 0.442 e. The molecule has 2 fully saturated rings. The number of ether oxygens (including phenoxy) is 1. The molecule has 1 N–H and O–H groups in total. The molecule has 1 aromatic heterocycles. The second-order valence-electron chi connectivity index (χ2n) is 11.7. The lowest BCUT2D eigenvalue weighted by atomic mass is 9.77. The summed E-state index contributed by atoms with van der Waals surface area (Å²) in [4.78, 5) is 12.7. The molecule has 1 unspecified atom stereocenters. The molecule has 0 amide bonds. The van der Waals surface area contributed by atoms with Gasteiger partial charge in [0, 0.05) is 18.5 Å².